The molecule has 6 rings (SSSR count). The van der Waals surface area contributed by atoms with Crippen LogP contribution >= 0.6 is 0 Å². The smallest absolute Gasteiger partial charge is 0.327 e. The van der Waals surface area contributed by atoms with E-state index in [2.05, 4.69) is 25.7 Å². The van der Waals surface area contributed by atoms with Crippen LogP contribution in [0.2, 0.25) is 0 Å². The van der Waals surface area contributed by atoms with Crippen molar-refractivity contribution in [2.75, 3.05) is 25.1 Å². The number of carbonyl (C=O) groups excluding carboxylic acids is 1. The van der Waals surface area contributed by atoms with E-state index in [-0.39, 0.29) is 23.7 Å². The first-order valence-corrected chi connectivity index (χ1v) is 13.1. The average Bonchev–Trinajstić information content (AvgIpc) is 3.65. The van der Waals surface area contributed by atoms with Gasteiger partial charge in [0.1, 0.15) is 0 Å². The molecule has 2 aliphatic rings. The van der Waals surface area contributed by atoms with Crippen LogP contribution in [0.15, 0.2) is 42.6 Å². The molecule has 4 aromatic rings. The summed E-state index contributed by atoms with van der Waals surface area (Å²) in [5.41, 5.74) is 3.31. The zero-order valence-corrected chi connectivity index (χ0v) is 21.4. The van der Waals surface area contributed by atoms with Gasteiger partial charge in [0.15, 0.2) is 17.2 Å². The van der Waals surface area contributed by atoms with Gasteiger partial charge in [-0.2, -0.15) is 24.0 Å². The molecular formula is C28H28F2N6O3. The summed E-state index contributed by atoms with van der Waals surface area (Å²) in [7, 11) is 0. The van der Waals surface area contributed by atoms with Crippen LogP contribution in [-0.2, 0) is 4.74 Å². The molecular weight excluding hydrogens is 506 g/mol. The molecule has 0 radical (unpaired) electrons. The fraction of sp³-hybridized carbons (Fsp3) is 0.357. The van der Waals surface area contributed by atoms with Crippen molar-refractivity contribution in [3.05, 3.63) is 65.4 Å². The largest absolute Gasteiger partial charge is 0.421 e. The van der Waals surface area contributed by atoms with Gasteiger partial charge in [-0.05, 0) is 67.9 Å². The number of benzene rings is 2. The summed E-state index contributed by atoms with van der Waals surface area (Å²) in [6.07, 6.45) is 5.53. The molecule has 2 aromatic heterocycles. The Kier molecular flexibility index (Phi) is 6.82. The molecule has 11 heteroatoms. The Balaban J connectivity index is 1.36. The third-order valence-electron chi connectivity index (χ3n) is 7.05. The maximum absolute atomic E-state index is 14.4. The summed E-state index contributed by atoms with van der Waals surface area (Å²) in [6.45, 7) is 3.92. The second kappa shape index (κ2) is 10.6. The van der Waals surface area contributed by atoms with E-state index < -0.39 is 11.6 Å². The highest BCUT2D eigenvalue weighted by Gasteiger charge is 2.25. The molecule has 1 amide bonds. The third-order valence-corrected chi connectivity index (χ3v) is 7.05. The molecule has 0 unspecified atom stereocenters. The van der Waals surface area contributed by atoms with E-state index >= 15 is 0 Å². The fourth-order valence-electron chi connectivity index (χ4n) is 4.65. The predicted molar refractivity (Wildman–Crippen MR) is 140 cm³/mol. The lowest BCUT2D eigenvalue weighted by atomic mass is 10.0. The predicted octanol–water partition coefficient (Wildman–Crippen LogP) is 4.90. The van der Waals surface area contributed by atoms with E-state index in [4.69, 9.17) is 9.47 Å². The maximum atomic E-state index is 14.4. The number of aryl methyl sites for hydroxylation is 1. The molecule has 1 saturated carbocycles. The Labute approximate surface area is 223 Å². The first-order valence-electron chi connectivity index (χ1n) is 13.1. The fourth-order valence-corrected chi connectivity index (χ4v) is 4.65. The molecule has 0 bridgehead atoms. The molecule has 1 aliphatic heterocycles. The van der Waals surface area contributed by atoms with Crippen molar-refractivity contribution >= 4 is 17.5 Å². The first-order chi connectivity index (χ1) is 19.0. The monoisotopic (exact) mass is 534 g/mol. The van der Waals surface area contributed by atoms with Crippen LogP contribution in [0.4, 0.5) is 14.7 Å². The number of hydrogen-bond donors (Lipinski definition) is 2. The SMILES string of the molecule is Cc1cc(-c2cnn3c(NCC4CCOCC4)nc(Oc4cccc(F)c4F)nc23)ccc1C(=O)NC1CC1. The Morgan fingerprint density at radius 3 is 2.72 bits per heavy atom. The standard InChI is InChI=1S/C28H28F2N6O3/c1-16-13-18(5-8-20(16)26(37)33-19-6-7-19)21-15-32-36-25(21)34-28(39-23-4-2-3-22(29)24(23)30)35-27(36)31-14-17-9-11-38-12-10-17/h2-5,8,13,15,17,19H,6-7,9-12,14H2,1H3,(H,33,37)(H,31,34,35). The lowest BCUT2D eigenvalue weighted by molar-refractivity contribution is 0.0699. The molecule has 3 heterocycles. The highest BCUT2D eigenvalue weighted by molar-refractivity contribution is 5.97. The van der Waals surface area contributed by atoms with Gasteiger partial charge in [-0.3, -0.25) is 4.79 Å². The summed E-state index contributed by atoms with van der Waals surface area (Å²) >= 11 is 0. The van der Waals surface area contributed by atoms with Gasteiger partial charge >= 0.3 is 6.01 Å². The summed E-state index contributed by atoms with van der Waals surface area (Å²) in [4.78, 5) is 21.5. The number of nitrogens with one attached hydrogen (secondary N) is 2. The van der Waals surface area contributed by atoms with E-state index in [0.29, 0.717) is 48.4 Å². The zero-order valence-electron chi connectivity index (χ0n) is 21.4. The minimum atomic E-state index is -1.12. The summed E-state index contributed by atoms with van der Waals surface area (Å²) in [6, 6.07) is 9.33. The number of amides is 1. The van der Waals surface area contributed by atoms with Crippen molar-refractivity contribution < 1.29 is 23.0 Å². The molecule has 1 aliphatic carbocycles. The van der Waals surface area contributed by atoms with Gasteiger partial charge < -0.3 is 20.1 Å². The normalized spacial score (nSPS) is 15.9. The van der Waals surface area contributed by atoms with Crippen molar-refractivity contribution in [1.82, 2.24) is 24.9 Å². The van der Waals surface area contributed by atoms with E-state index in [1.807, 2.05) is 19.1 Å². The zero-order chi connectivity index (χ0) is 26.9. The van der Waals surface area contributed by atoms with Gasteiger partial charge in [-0.15, -0.1) is 0 Å². The van der Waals surface area contributed by atoms with E-state index in [9.17, 15) is 13.6 Å². The second-order valence-corrected chi connectivity index (χ2v) is 9.99. The number of carbonyl (C=O) groups is 1. The summed E-state index contributed by atoms with van der Waals surface area (Å²) in [5, 5.41) is 10.9. The van der Waals surface area contributed by atoms with Crippen LogP contribution < -0.4 is 15.4 Å². The Bertz CT molecular complexity index is 1530. The highest BCUT2D eigenvalue weighted by Crippen LogP contribution is 2.31. The number of ether oxygens (including phenoxy) is 2. The van der Waals surface area contributed by atoms with Crippen molar-refractivity contribution in [3.8, 4) is 22.9 Å². The van der Waals surface area contributed by atoms with Gasteiger partial charge in [0.25, 0.3) is 5.91 Å². The van der Waals surface area contributed by atoms with Crippen molar-refractivity contribution in [2.45, 2.75) is 38.6 Å². The minimum absolute atomic E-state index is 0.0869. The van der Waals surface area contributed by atoms with E-state index in [1.54, 1.807) is 16.8 Å². The van der Waals surface area contributed by atoms with Crippen LogP contribution in [0.25, 0.3) is 16.8 Å². The van der Waals surface area contributed by atoms with Gasteiger partial charge in [0.05, 0.1) is 6.20 Å². The van der Waals surface area contributed by atoms with E-state index in [0.717, 1.165) is 42.9 Å². The van der Waals surface area contributed by atoms with Crippen LogP contribution in [0.3, 0.4) is 0 Å². The Morgan fingerprint density at radius 2 is 1.95 bits per heavy atom. The molecule has 2 fully saturated rings. The number of hydrogen-bond acceptors (Lipinski definition) is 7. The van der Waals surface area contributed by atoms with Gasteiger partial charge in [-0.25, -0.2) is 4.39 Å². The van der Waals surface area contributed by atoms with Crippen molar-refractivity contribution in [2.24, 2.45) is 5.92 Å². The number of rotatable bonds is 8. The number of halogens is 2. The Hall–Kier alpha value is -4.12. The Morgan fingerprint density at radius 1 is 1.13 bits per heavy atom. The molecule has 2 N–H and O–H groups in total. The highest BCUT2D eigenvalue weighted by atomic mass is 19.2. The van der Waals surface area contributed by atoms with Gasteiger partial charge in [-0.1, -0.05) is 18.2 Å². The molecule has 202 valence electrons. The van der Waals surface area contributed by atoms with Crippen LogP contribution in [-0.4, -0.2) is 51.3 Å². The molecule has 39 heavy (non-hydrogen) atoms. The topological polar surface area (TPSA) is 103 Å². The lowest BCUT2D eigenvalue weighted by Crippen LogP contribution is -2.26. The quantitative estimate of drug-likeness (QED) is 0.331. The number of anilines is 1. The van der Waals surface area contributed by atoms with Gasteiger partial charge in [0, 0.05) is 36.9 Å². The molecule has 1 saturated heterocycles. The summed E-state index contributed by atoms with van der Waals surface area (Å²) < 4.78 is 40.8. The molecule has 0 spiro atoms. The second-order valence-electron chi connectivity index (χ2n) is 9.99. The van der Waals surface area contributed by atoms with Gasteiger partial charge in [0.2, 0.25) is 11.8 Å². The van der Waals surface area contributed by atoms with Crippen molar-refractivity contribution in [3.63, 3.8) is 0 Å². The average molecular weight is 535 g/mol. The summed E-state index contributed by atoms with van der Waals surface area (Å²) in [5.74, 6) is -1.81. The molecule has 2 aromatic carbocycles. The van der Waals surface area contributed by atoms with Crippen molar-refractivity contribution in [1.29, 1.82) is 0 Å². The molecule has 9 nitrogen and oxygen atoms in total. The van der Waals surface area contributed by atoms with Crippen LogP contribution in [0.5, 0.6) is 11.8 Å². The number of nitrogens with zero attached hydrogens (tertiary/aromatic N) is 4. The third kappa shape index (κ3) is 5.40. The van der Waals surface area contributed by atoms with Crippen LogP contribution in [0.1, 0.15) is 41.6 Å². The maximum Gasteiger partial charge on any atom is 0.327 e. The lowest BCUT2D eigenvalue weighted by Gasteiger charge is -2.22. The number of aromatic nitrogens is 4. The van der Waals surface area contributed by atoms with Crippen LogP contribution in [0, 0.1) is 24.5 Å². The number of fused-ring (bicyclic) bond motifs is 1. The first kappa shape index (κ1) is 25.2. The van der Waals surface area contributed by atoms with E-state index in [1.165, 1.54) is 12.1 Å². The minimum Gasteiger partial charge on any atom is -0.421 e. The molecule has 0 atom stereocenters.